The minimum absolute atomic E-state index is 0.204. The fourth-order valence-corrected chi connectivity index (χ4v) is 4.82. The molecule has 9 heteroatoms. The van der Waals surface area contributed by atoms with E-state index in [0.717, 1.165) is 12.5 Å². The lowest BCUT2D eigenvalue weighted by atomic mass is 10.0. The Labute approximate surface area is 199 Å². The molecule has 1 amide bonds. The molecule has 166 valence electrons. The predicted octanol–water partition coefficient (Wildman–Crippen LogP) is 4.77. The maximum Gasteiger partial charge on any atom is 0.258 e. The number of anilines is 1. The number of aldehydes is 1. The Hall–Kier alpha value is -3.56. The molecule has 0 radical (unpaired) electrons. The summed E-state index contributed by atoms with van der Waals surface area (Å²) >= 11 is 3.43. The Kier molecular flexibility index (Phi) is 6.26. The van der Waals surface area contributed by atoms with E-state index in [0.29, 0.717) is 38.1 Å². The number of amides is 1. The maximum atomic E-state index is 12.9. The summed E-state index contributed by atoms with van der Waals surface area (Å²) in [5.74, 6) is -0.398. The van der Waals surface area contributed by atoms with Crippen LogP contribution in [-0.4, -0.2) is 36.6 Å². The molecule has 0 fully saturated rings. The molecule has 0 saturated heterocycles. The standard InChI is InChI=1S/C24H18BrN3O4S/c1-33(31,32)23-9-5-3-7-21(23)17-10-19(25)12-20(11-17)27-24(30)18-13-26-28(14-18)22-8-4-2-6-16(22)15-29/h2-15H,1H3,(H,27,30). The van der Waals surface area contributed by atoms with Crippen molar-refractivity contribution in [1.82, 2.24) is 9.78 Å². The van der Waals surface area contributed by atoms with Gasteiger partial charge in [0.2, 0.25) is 0 Å². The van der Waals surface area contributed by atoms with E-state index in [4.69, 9.17) is 0 Å². The highest BCUT2D eigenvalue weighted by Crippen LogP contribution is 2.32. The monoisotopic (exact) mass is 523 g/mol. The smallest absolute Gasteiger partial charge is 0.258 e. The van der Waals surface area contributed by atoms with Gasteiger partial charge in [-0.1, -0.05) is 46.3 Å². The van der Waals surface area contributed by atoms with Gasteiger partial charge in [-0.15, -0.1) is 0 Å². The van der Waals surface area contributed by atoms with Crippen molar-refractivity contribution in [2.24, 2.45) is 0 Å². The molecule has 4 aromatic rings. The van der Waals surface area contributed by atoms with E-state index < -0.39 is 15.7 Å². The molecule has 0 atom stereocenters. The Morgan fingerprint density at radius 3 is 2.55 bits per heavy atom. The zero-order chi connectivity index (χ0) is 23.6. The number of rotatable bonds is 6. The van der Waals surface area contributed by atoms with Crippen molar-refractivity contribution < 1.29 is 18.0 Å². The van der Waals surface area contributed by atoms with Gasteiger partial charge in [0.15, 0.2) is 16.1 Å². The summed E-state index contributed by atoms with van der Waals surface area (Å²) in [5.41, 5.74) is 2.97. The first-order valence-corrected chi connectivity index (χ1v) is 12.5. The summed E-state index contributed by atoms with van der Waals surface area (Å²) in [5, 5.41) is 7.02. The van der Waals surface area contributed by atoms with E-state index in [2.05, 4.69) is 26.3 Å². The van der Waals surface area contributed by atoms with E-state index in [9.17, 15) is 18.0 Å². The van der Waals surface area contributed by atoms with Gasteiger partial charge in [0.1, 0.15) is 0 Å². The fraction of sp³-hybridized carbons (Fsp3) is 0.0417. The van der Waals surface area contributed by atoms with Crippen molar-refractivity contribution in [3.8, 4) is 16.8 Å². The van der Waals surface area contributed by atoms with Crippen LogP contribution in [0.15, 0.2) is 88.5 Å². The SMILES string of the molecule is CS(=O)(=O)c1ccccc1-c1cc(Br)cc(NC(=O)c2cnn(-c3ccccc3C=O)c2)c1. The van der Waals surface area contributed by atoms with Gasteiger partial charge < -0.3 is 5.32 Å². The molecule has 4 rings (SSSR count). The molecule has 33 heavy (non-hydrogen) atoms. The molecule has 1 N–H and O–H groups in total. The van der Waals surface area contributed by atoms with Crippen molar-refractivity contribution in [2.75, 3.05) is 11.6 Å². The normalized spacial score (nSPS) is 11.2. The summed E-state index contributed by atoms with van der Waals surface area (Å²) in [4.78, 5) is 24.3. The van der Waals surface area contributed by atoms with Gasteiger partial charge >= 0.3 is 0 Å². The third kappa shape index (κ3) is 4.94. The van der Waals surface area contributed by atoms with E-state index in [1.807, 2.05) is 0 Å². The second-order valence-corrected chi connectivity index (χ2v) is 10.2. The third-order valence-corrected chi connectivity index (χ3v) is 6.52. The van der Waals surface area contributed by atoms with Crippen molar-refractivity contribution in [2.45, 2.75) is 4.90 Å². The topological polar surface area (TPSA) is 98.1 Å². The molecule has 1 heterocycles. The molecular weight excluding hydrogens is 506 g/mol. The van der Waals surface area contributed by atoms with Crippen molar-refractivity contribution in [3.63, 3.8) is 0 Å². The number of aromatic nitrogens is 2. The summed E-state index contributed by atoms with van der Waals surface area (Å²) in [6, 6.07) is 18.8. The summed E-state index contributed by atoms with van der Waals surface area (Å²) in [6.45, 7) is 0. The number of nitrogens with zero attached hydrogens (tertiary/aromatic N) is 2. The van der Waals surface area contributed by atoms with Crippen LogP contribution >= 0.6 is 15.9 Å². The lowest BCUT2D eigenvalue weighted by Crippen LogP contribution is -2.11. The van der Waals surface area contributed by atoms with Gasteiger partial charge in [0.25, 0.3) is 5.91 Å². The van der Waals surface area contributed by atoms with Gasteiger partial charge in [-0.05, 0) is 42.0 Å². The van der Waals surface area contributed by atoms with Crippen LogP contribution in [0.5, 0.6) is 0 Å². The molecule has 0 aliphatic carbocycles. The lowest BCUT2D eigenvalue weighted by Gasteiger charge is -2.11. The number of hydrogen-bond acceptors (Lipinski definition) is 5. The average Bonchev–Trinajstić information content (AvgIpc) is 3.28. The number of hydrogen-bond donors (Lipinski definition) is 1. The molecule has 0 saturated carbocycles. The second-order valence-electron chi connectivity index (χ2n) is 7.30. The zero-order valence-corrected chi connectivity index (χ0v) is 19.8. The molecule has 0 aliphatic heterocycles. The lowest BCUT2D eigenvalue weighted by molar-refractivity contribution is 0.102. The minimum atomic E-state index is -3.44. The largest absolute Gasteiger partial charge is 0.322 e. The number of carbonyl (C=O) groups excluding carboxylic acids is 2. The number of nitrogens with one attached hydrogen (secondary N) is 1. The quantitative estimate of drug-likeness (QED) is 0.367. The zero-order valence-electron chi connectivity index (χ0n) is 17.4. The summed E-state index contributed by atoms with van der Waals surface area (Å²) in [7, 11) is -3.44. The van der Waals surface area contributed by atoms with Crippen molar-refractivity contribution in [3.05, 3.63) is 94.7 Å². The van der Waals surface area contributed by atoms with Crippen LogP contribution in [0.3, 0.4) is 0 Å². The van der Waals surface area contributed by atoms with Crippen LogP contribution < -0.4 is 5.32 Å². The molecule has 0 aliphatic rings. The molecule has 3 aromatic carbocycles. The number of para-hydroxylation sites is 1. The van der Waals surface area contributed by atoms with E-state index >= 15 is 0 Å². The first-order chi connectivity index (χ1) is 15.8. The third-order valence-electron chi connectivity index (χ3n) is 4.91. The van der Waals surface area contributed by atoms with Gasteiger partial charge in [-0.25, -0.2) is 13.1 Å². The highest BCUT2D eigenvalue weighted by atomic mass is 79.9. The van der Waals surface area contributed by atoms with Gasteiger partial charge in [-0.3, -0.25) is 9.59 Å². The average molecular weight is 524 g/mol. The van der Waals surface area contributed by atoms with Gasteiger partial charge in [0, 0.05) is 33.7 Å². The van der Waals surface area contributed by atoms with Crippen molar-refractivity contribution in [1.29, 1.82) is 0 Å². The first-order valence-electron chi connectivity index (χ1n) is 9.77. The van der Waals surface area contributed by atoms with Gasteiger partial charge in [0.05, 0.1) is 22.3 Å². The molecule has 0 unspecified atom stereocenters. The van der Waals surface area contributed by atoms with Crippen LogP contribution in [0.1, 0.15) is 20.7 Å². The maximum absolute atomic E-state index is 12.9. The van der Waals surface area contributed by atoms with Crippen LogP contribution in [0.4, 0.5) is 5.69 Å². The highest BCUT2D eigenvalue weighted by molar-refractivity contribution is 9.10. The Balaban J connectivity index is 1.64. The number of carbonyl (C=O) groups is 2. The summed E-state index contributed by atoms with van der Waals surface area (Å²) in [6.07, 6.45) is 4.84. The van der Waals surface area contributed by atoms with Crippen LogP contribution in [0, 0.1) is 0 Å². The Morgan fingerprint density at radius 2 is 1.79 bits per heavy atom. The molecule has 7 nitrogen and oxygen atoms in total. The Morgan fingerprint density at radius 1 is 1.06 bits per heavy atom. The molecular formula is C24H18BrN3O4S. The minimum Gasteiger partial charge on any atom is -0.322 e. The van der Waals surface area contributed by atoms with Crippen LogP contribution in [-0.2, 0) is 9.84 Å². The van der Waals surface area contributed by atoms with Crippen LogP contribution in [0.2, 0.25) is 0 Å². The fourth-order valence-electron chi connectivity index (χ4n) is 3.42. The van der Waals surface area contributed by atoms with E-state index in [-0.39, 0.29) is 4.90 Å². The second kappa shape index (κ2) is 9.13. The number of halogens is 1. The number of sulfone groups is 1. The molecule has 1 aromatic heterocycles. The molecule has 0 bridgehead atoms. The van der Waals surface area contributed by atoms with E-state index in [1.54, 1.807) is 66.7 Å². The van der Waals surface area contributed by atoms with E-state index in [1.165, 1.54) is 17.1 Å². The molecule has 0 spiro atoms. The van der Waals surface area contributed by atoms with Crippen molar-refractivity contribution >= 4 is 43.6 Å². The predicted molar refractivity (Wildman–Crippen MR) is 130 cm³/mol. The first kappa shape index (κ1) is 22.6. The van der Waals surface area contributed by atoms with Crippen LogP contribution in [0.25, 0.3) is 16.8 Å². The van der Waals surface area contributed by atoms with Gasteiger partial charge in [-0.2, -0.15) is 5.10 Å². The summed E-state index contributed by atoms with van der Waals surface area (Å²) < 4.78 is 26.6. The number of benzene rings is 3. The highest BCUT2D eigenvalue weighted by Gasteiger charge is 2.16. The Bertz CT molecular complexity index is 1480.